The third kappa shape index (κ3) is 4.12. The molecule has 0 atom stereocenters. The Hall–Kier alpha value is -1.80. The fraction of sp³-hybridized carbons (Fsp3) is 0.333. The summed E-state index contributed by atoms with van der Waals surface area (Å²) in [4.78, 5) is 4.53. The Kier molecular flexibility index (Phi) is 5.78. The molecule has 28 heavy (non-hydrogen) atoms. The number of hydrogen-bond acceptors (Lipinski definition) is 4. The lowest BCUT2D eigenvalue weighted by atomic mass is 9.83. The molecule has 3 aromatic rings. The lowest BCUT2D eigenvalue weighted by Crippen LogP contribution is -2.47. The number of H-pyrrole nitrogens is 1. The zero-order valence-electron chi connectivity index (χ0n) is 15.7. The number of nitrogens with zero attached hydrogens (tertiary/aromatic N) is 2. The molecule has 0 amide bonds. The normalized spacial score (nSPS) is 16.2. The van der Waals surface area contributed by atoms with Gasteiger partial charge >= 0.3 is 0 Å². The van der Waals surface area contributed by atoms with Crippen molar-refractivity contribution in [2.75, 3.05) is 13.2 Å². The standard InChI is InChI=1S/C21H23BrN4OS/c1-15-2-4-16(5-3-15)19-24-20(28)26(25-19)14-23-21(10-12-27-13-11-21)17-6-8-18(22)9-7-17/h2-9,23H,10-14H2,1H3,(H,24,25,28). The summed E-state index contributed by atoms with van der Waals surface area (Å²) in [6.45, 7) is 4.12. The number of aromatic nitrogens is 3. The number of nitrogens with one attached hydrogen (secondary N) is 2. The lowest BCUT2D eigenvalue weighted by Gasteiger charge is -2.38. The van der Waals surface area contributed by atoms with E-state index in [1.54, 1.807) is 0 Å². The van der Waals surface area contributed by atoms with E-state index in [1.807, 2.05) is 4.68 Å². The van der Waals surface area contributed by atoms with E-state index in [0.717, 1.165) is 41.9 Å². The Labute approximate surface area is 178 Å². The van der Waals surface area contributed by atoms with Crippen LogP contribution in [0.2, 0.25) is 0 Å². The first-order valence-corrected chi connectivity index (χ1v) is 10.6. The third-order valence-electron chi connectivity index (χ3n) is 5.32. The van der Waals surface area contributed by atoms with Crippen molar-refractivity contribution in [1.82, 2.24) is 20.1 Å². The van der Waals surface area contributed by atoms with Crippen LogP contribution < -0.4 is 5.32 Å². The Bertz CT molecular complexity index is 988. The molecule has 1 fully saturated rings. The zero-order chi connectivity index (χ0) is 19.6. The van der Waals surface area contributed by atoms with E-state index in [2.05, 4.69) is 86.8 Å². The number of aromatic amines is 1. The van der Waals surface area contributed by atoms with Crippen molar-refractivity contribution in [3.05, 3.63) is 68.9 Å². The van der Waals surface area contributed by atoms with E-state index in [-0.39, 0.29) is 5.54 Å². The molecule has 2 aromatic carbocycles. The fourth-order valence-corrected chi connectivity index (χ4v) is 4.06. The van der Waals surface area contributed by atoms with Gasteiger partial charge < -0.3 is 4.74 Å². The summed E-state index contributed by atoms with van der Waals surface area (Å²) in [5, 5.41) is 7.07. The average Bonchev–Trinajstić information content (AvgIpc) is 3.09. The quantitative estimate of drug-likeness (QED) is 0.532. The van der Waals surface area contributed by atoms with E-state index < -0.39 is 0 Å². The fourth-order valence-electron chi connectivity index (χ4n) is 3.59. The maximum absolute atomic E-state index is 5.62. The van der Waals surface area contributed by atoms with Crippen molar-refractivity contribution >= 4 is 28.1 Å². The Balaban J connectivity index is 1.57. The second-order valence-electron chi connectivity index (χ2n) is 7.19. The molecule has 0 aliphatic carbocycles. The molecule has 1 aliphatic heterocycles. The molecule has 1 aliphatic rings. The van der Waals surface area contributed by atoms with Crippen LogP contribution in [0.3, 0.4) is 0 Å². The summed E-state index contributed by atoms with van der Waals surface area (Å²) in [5.74, 6) is 0.788. The van der Waals surface area contributed by atoms with Gasteiger partial charge in [-0.05, 0) is 49.7 Å². The van der Waals surface area contributed by atoms with Crippen molar-refractivity contribution < 1.29 is 4.74 Å². The van der Waals surface area contributed by atoms with Crippen LogP contribution in [-0.4, -0.2) is 28.0 Å². The molecule has 2 heterocycles. The summed E-state index contributed by atoms with van der Waals surface area (Å²) in [5.41, 5.74) is 3.38. The van der Waals surface area contributed by atoms with Crippen LogP contribution in [-0.2, 0) is 16.9 Å². The maximum atomic E-state index is 5.62. The molecule has 1 aromatic heterocycles. The first kappa shape index (κ1) is 19.5. The molecule has 0 saturated carbocycles. The minimum Gasteiger partial charge on any atom is -0.381 e. The smallest absolute Gasteiger partial charge is 0.217 e. The molecule has 0 unspecified atom stereocenters. The molecule has 2 N–H and O–H groups in total. The van der Waals surface area contributed by atoms with Crippen molar-refractivity contribution in [2.45, 2.75) is 32.0 Å². The van der Waals surface area contributed by atoms with Gasteiger partial charge in [-0.2, -0.15) is 4.98 Å². The van der Waals surface area contributed by atoms with Gasteiger partial charge in [-0.3, -0.25) is 10.4 Å². The van der Waals surface area contributed by atoms with Gasteiger partial charge in [-0.25, -0.2) is 4.68 Å². The van der Waals surface area contributed by atoms with E-state index in [0.29, 0.717) is 11.4 Å². The van der Waals surface area contributed by atoms with E-state index in [1.165, 1.54) is 11.1 Å². The largest absolute Gasteiger partial charge is 0.381 e. The summed E-state index contributed by atoms with van der Waals surface area (Å²) in [6, 6.07) is 16.8. The number of rotatable bonds is 5. The van der Waals surface area contributed by atoms with Crippen molar-refractivity contribution in [1.29, 1.82) is 0 Å². The minimum absolute atomic E-state index is 0.136. The van der Waals surface area contributed by atoms with Gasteiger partial charge in [0.15, 0.2) is 5.82 Å². The Morgan fingerprint density at radius 2 is 1.82 bits per heavy atom. The highest BCUT2D eigenvalue weighted by molar-refractivity contribution is 9.10. The SMILES string of the molecule is Cc1ccc(-c2nc(=S)n(CNC3(c4ccc(Br)cc4)CCOCC3)[nH]2)cc1. The number of halogens is 1. The first-order chi connectivity index (χ1) is 13.6. The van der Waals surface area contributed by atoms with Crippen molar-refractivity contribution in [3.63, 3.8) is 0 Å². The van der Waals surface area contributed by atoms with Gasteiger partial charge in [0.2, 0.25) is 4.77 Å². The molecular formula is C21H23BrN4OS. The van der Waals surface area contributed by atoms with Crippen LogP contribution in [0, 0.1) is 11.7 Å². The van der Waals surface area contributed by atoms with Gasteiger partial charge in [0.05, 0.1) is 6.67 Å². The summed E-state index contributed by atoms with van der Waals surface area (Å²) >= 11 is 9.01. The molecule has 1 saturated heterocycles. The number of ether oxygens (including phenoxy) is 1. The highest BCUT2D eigenvalue weighted by Gasteiger charge is 2.34. The number of hydrogen-bond donors (Lipinski definition) is 2. The summed E-state index contributed by atoms with van der Waals surface area (Å²) < 4.78 is 9.13. The van der Waals surface area contributed by atoms with Crippen LogP contribution in [0.25, 0.3) is 11.4 Å². The molecule has 5 nitrogen and oxygen atoms in total. The van der Waals surface area contributed by atoms with Crippen LogP contribution in [0.5, 0.6) is 0 Å². The lowest BCUT2D eigenvalue weighted by molar-refractivity contribution is 0.0324. The molecular weight excluding hydrogens is 436 g/mol. The average molecular weight is 459 g/mol. The maximum Gasteiger partial charge on any atom is 0.217 e. The van der Waals surface area contributed by atoms with Crippen molar-refractivity contribution in [3.8, 4) is 11.4 Å². The second-order valence-corrected chi connectivity index (χ2v) is 8.47. The number of aryl methyl sites for hydroxylation is 1. The van der Waals surface area contributed by atoms with Gasteiger partial charge in [0.25, 0.3) is 0 Å². The second kappa shape index (κ2) is 8.29. The van der Waals surface area contributed by atoms with Gasteiger partial charge in [0, 0.05) is 28.8 Å². The minimum atomic E-state index is -0.136. The van der Waals surface area contributed by atoms with Gasteiger partial charge in [-0.15, -0.1) is 0 Å². The van der Waals surface area contributed by atoms with Gasteiger partial charge in [0.1, 0.15) is 0 Å². The van der Waals surface area contributed by atoms with Crippen molar-refractivity contribution in [2.24, 2.45) is 0 Å². The molecule has 0 bridgehead atoms. The predicted octanol–water partition coefficient (Wildman–Crippen LogP) is 4.93. The third-order valence-corrected chi connectivity index (χ3v) is 6.16. The van der Waals surface area contributed by atoms with E-state index in [9.17, 15) is 0 Å². The molecule has 146 valence electrons. The monoisotopic (exact) mass is 458 g/mol. The Morgan fingerprint density at radius 3 is 2.50 bits per heavy atom. The summed E-state index contributed by atoms with van der Waals surface area (Å²) in [7, 11) is 0. The van der Waals surface area contributed by atoms with Crippen LogP contribution in [0.1, 0.15) is 24.0 Å². The molecule has 0 radical (unpaired) electrons. The highest BCUT2D eigenvalue weighted by atomic mass is 79.9. The van der Waals surface area contributed by atoms with Gasteiger partial charge in [-0.1, -0.05) is 57.9 Å². The highest BCUT2D eigenvalue weighted by Crippen LogP contribution is 2.33. The molecule has 4 rings (SSSR count). The predicted molar refractivity (Wildman–Crippen MR) is 117 cm³/mol. The Morgan fingerprint density at radius 1 is 1.14 bits per heavy atom. The topological polar surface area (TPSA) is 54.9 Å². The number of benzene rings is 2. The first-order valence-electron chi connectivity index (χ1n) is 9.38. The molecule has 7 heteroatoms. The van der Waals surface area contributed by atoms with E-state index in [4.69, 9.17) is 17.0 Å². The van der Waals surface area contributed by atoms with Crippen LogP contribution in [0.4, 0.5) is 0 Å². The van der Waals surface area contributed by atoms with E-state index >= 15 is 0 Å². The van der Waals surface area contributed by atoms with Crippen LogP contribution in [0.15, 0.2) is 53.0 Å². The van der Waals surface area contributed by atoms with Crippen LogP contribution >= 0.6 is 28.1 Å². The molecule has 0 spiro atoms. The zero-order valence-corrected chi connectivity index (χ0v) is 18.1. The summed E-state index contributed by atoms with van der Waals surface area (Å²) in [6.07, 6.45) is 1.84.